The van der Waals surface area contributed by atoms with Crippen LogP contribution in [0.15, 0.2) is 82.8 Å². The molecule has 0 fully saturated rings. The van der Waals surface area contributed by atoms with Crippen molar-refractivity contribution < 1.29 is 22.3 Å². The first-order valence-electron chi connectivity index (χ1n) is 12.2. The summed E-state index contributed by atoms with van der Waals surface area (Å²) < 4.78 is 49.0. The van der Waals surface area contributed by atoms with E-state index in [1.165, 1.54) is 49.7 Å². The number of benzene rings is 3. The van der Waals surface area contributed by atoms with Crippen LogP contribution in [0.1, 0.15) is 22.5 Å². The molecule has 0 saturated heterocycles. The van der Waals surface area contributed by atoms with E-state index in [1.54, 1.807) is 30.3 Å². The lowest BCUT2D eigenvalue weighted by atomic mass is 10.2. The molecule has 1 N–H and O–H groups in total. The molecule has 208 valence electrons. The summed E-state index contributed by atoms with van der Waals surface area (Å²) in [7, 11) is -2.78. The average Bonchev–Trinajstić information content (AvgIpc) is 3.20. The van der Waals surface area contributed by atoms with Gasteiger partial charge in [-0.1, -0.05) is 29.3 Å². The van der Waals surface area contributed by atoms with E-state index in [4.69, 9.17) is 16.3 Å². The minimum absolute atomic E-state index is 0.00432. The Morgan fingerprint density at radius 1 is 1.05 bits per heavy atom. The van der Waals surface area contributed by atoms with Crippen molar-refractivity contribution in [3.63, 3.8) is 0 Å². The highest BCUT2D eigenvalue weighted by Crippen LogP contribution is 2.34. The molecule has 0 bridgehead atoms. The molecule has 0 aliphatic rings. The maximum Gasteiger partial charge on any atom is 0.264 e. The monoisotopic (exact) mass is 582 g/mol. The molecule has 1 amide bonds. The Hall–Kier alpha value is -4.15. The van der Waals surface area contributed by atoms with Crippen molar-refractivity contribution in [1.82, 2.24) is 9.99 Å². The van der Waals surface area contributed by atoms with E-state index in [1.807, 2.05) is 31.4 Å². The van der Waals surface area contributed by atoms with Gasteiger partial charge in [0.15, 0.2) is 0 Å². The van der Waals surface area contributed by atoms with E-state index < -0.39 is 22.5 Å². The first-order valence-corrected chi connectivity index (χ1v) is 14.0. The van der Waals surface area contributed by atoms with Gasteiger partial charge in [-0.2, -0.15) is 5.10 Å². The van der Waals surface area contributed by atoms with Crippen molar-refractivity contribution in [3.8, 4) is 11.4 Å². The van der Waals surface area contributed by atoms with E-state index in [-0.39, 0.29) is 27.2 Å². The summed E-state index contributed by atoms with van der Waals surface area (Å²) in [5, 5.41) is 4.33. The van der Waals surface area contributed by atoms with Crippen LogP contribution in [0, 0.1) is 26.6 Å². The Kier molecular flexibility index (Phi) is 8.61. The van der Waals surface area contributed by atoms with Gasteiger partial charge >= 0.3 is 0 Å². The maximum absolute atomic E-state index is 13.7. The molecule has 0 radical (unpaired) electrons. The van der Waals surface area contributed by atoms with E-state index >= 15 is 0 Å². The second-order valence-electron chi connectivity index (χ2n) is 9.07. The van der Waals surface area contributed by atoms with E-state index in [0.717, 1.165) is 32.5 Å². The number of aromatic nitrogens is 1. The zero-order chi connectivity index (χ0) is 29.0. The highest BCUT2D eigenvalue weighted by Gasteiger charge is 2.29. The quantitative estimate of drug-likeness (QED) is 0.207. The van der Waals surface area contributed by atoms with Crippen LogP contribution in [-0.4, -0.2) is 38.8 Å². The Balaban J connectivity index is 1.60. The van der Waals surface area contributed by atoms with Crippen molar-refractivity contribution >= 4 is 39.4 Å². The number of hydrazone groups is 1. The Morgan fingerprint density at radius 3 is 2.38 bits per heavy atom. The van der Waals surface area contributed by atoms with Crippen LogP contribution in [0.4, 0.5) is 10.1 Å². The molecule has 1 heterocycles. The lowest BCUT2D eigenvalue weighted by molar-refractivity contribution is -0.119. The topological polar surface area (TPSA) is 93.0 Å². The number of sulfonamides is 1. The van der Waals surface area contributed by atoms with Crippen LogP contribution >= 0.6 is 11.6 Å². The highest BCUT2D eigenvalue weighted by molar-refractivity contribution is 7.92. The molecule has 0 saturated carbocycles. The Morgan fingerprint density at radius 2 is 1.73 bits per heavy atom. The number of rotatable bonds is 9. The third kappa shape index (κ3) is 6.19. The fraction of sp³-hybridized carbons (Fsp3) is 0.172. The van der Waals surface area contributed by atoms with Crippen LogP contribution in [0.5, 0.6) is 5.75 Å². The Labute approximate surface area is 237 Å². The standard InChI is InChI=1S/C29H28ClFN4O4S/c1-19-5-12-26(13-6-19)40(37,38)34(27-16-23(30)7-14-28(27)39-4)18-29(36)33-32-17-22-15-20(2)35(21(22)3)25-10-8-24(31)9-11-25/h5-17H,18H2,1-4H3,(H,33,36). The van der Waals surface area contributed by atoms with Crippen LogP contribution in [0.2, 0.25) is 5.02 Å². The zero-order valence-electron chi connectivity index (χ0n) is 22.4. The first kappa shape index (κ1) is 28.8. The molecule has 0 spiro atoms. The summed E-state index contributed by atoms with van der Waals surface area (Å²) in [5.41, 5.74) is 6.63. The van der Waals surface area contributed by atoms with Crippen LogP contribution in [0.25, 0.3) is 5.69 Å². The van der Waals surface area contributed by atoms with Crippen molar-refractivity contribution in [2.24, 2.45) is 5.10 Å². The Bertz CT molecular complexity index is 1670. The molecule has 4 rings (SSSR count). The molecule has 0 aliphatic carbocycles. The molecule has 1 aromatic heterocycles. The molecule has 0 unspecified atom stereocenters. The van der Waals surface area contributed by atoms with Crippen LogP contribution in [0.3, 0.4) is 0 Å². The van der Waals surface area contributed by atoms with Gasteiger partial charge in [0, 0.05) is 27.7 Å². The number of carbonyl (C=O) groups is 1. The number of methoxy groups -OCH3 is 1. The van der Waals surface area contributed by atoms with Crippen LogP contribution < -0.4 is 14.5 Å². The minimum Gasteiger partial charge on any atom is -0.495 e. The molecule has 4 aromatic rings. The lowest BCUT2D eigenvalue weighted by Gasteiger charge is -2.25. The summed E-state index contributed by atoms with van der Waals surface area (Å²) in [6.07, 6.45) is 1.47. The highest BCUT2D eigenvalue weighted by atomic mass is 35.5. The lowest BCUT2D eigenvalue weighted by Crippen LogP contribution is -2.39. The number of nitrogens with zero attached hydrogens (tertiary/aromatic N) is 3. The summed E-state index contributed by atoms with van der Waals surface area (Å²) in [5.74, 6) is -0.782. The number of halogens is 2. The maximum atomic E-state index is 13.7. The van der Waals surface area contributed by atoms with E-state index in [9.17, 15) is 17.6 Å². The van der Waals surface area contributed by atoms with E-state index in [2.05, 4.69) is 10.5 Å². The van der Waals surface area contributed by atoms with Gasteiger partial charge in [0.1, 0.15) is 18.1 Å². The fourth-order valence-corrected chi connectivity index (χ4v) is 5.83. The third-order valence-corrected chi connectivity index (χ3v) is 8.26. The average molecular weight is 583 g/mol. The predicted molar refractivity (Wildman–Crippen MR) is 155 cm³/mol. The van der Waals surface area contributed by atoms with Gasteiger partial charge in [0.25, 0.3) is 15.9 Å². The second kappa shape index (κ2) is 11.9. The van der Waals surface area contributed by atoms with Crippen molar-refractivity contribution in [3.05, 3.63) is 106 Å². The molecule has 0 atom stereocenters. The van der Waals surface area contributed by atoms with Gasteiger partial charge in [-0.05, 0) is 81.4 Å². The third-order valence-electron chi connectivity index (χ3n) is 6.25. The van der Waals surface area contributed by atoms with Gasteiger partial charge in [-0.25, -0.2) is 18.2 Å². The number of nitrogens with one attached hydrogen (secondary N) is 1. The number of aryl methyl sites for hydroxylation is 2. The molecule has 0 aliphatic heterocycles. The predicted octanol–water partition coefficient (Wildman–Crippen LogP) is 5.55. The number of hydrogen-bond acceptors (Lipinski definition) is 5. The number of carbonyl (C=O) groups excluding carboxylic acids is 1. The second-order valence-corrected chi connectivity index (χ2v) is 11.4. The van der Waals surface area contributed by atoms with Gasteiger partial charge in [0.05, 0.1) is 23.9 Å². The number of hydrogen-bond donors (Lipinski definition) is 1. The summed E-state index contributed by atoms with van der Waals surface area (Å²) >= 11 is 6.18. The van der Waals surface area contributed by atoms with Crippen molar-refractivity contribution in [2.45, 2.75) is 25.7 Å². The SMILES string of the molecule is COc1ccc(Cl)cc1N(CC(=O)NN=Cc1cc(C)n(-c2ccc(F)cc2)c1C)S(=O)(=O)c1ccc(C)cc1. The zero-order valence-corrected chi connectivity index (χ0v) is 23.9. The van der Waals surface area contributed by atoms with E-state index in [0.29, 0.717) is 0 Å². The van der Waals surface area contributed by atoms with Crippen molar-refractivity contribution in [2.75, 3.05) is 18.0 Å². The summed E-state index contributed by atoms with van der Waals surface area (Å²) in [6.45, 7) is 5.04. The fourth-order valence-electron chi connectivity index (χ4n) is 4.24. The number of amides is 1. The molecule has 8 nitrogen and oxygen atoms in total. The molecule has 3 aromatic carbocycles. The molecular weight excluding hydrogens is 555 g/mol. The smallest absolute Gasteiger partial charge is 0.264 e. The largest absolute Gasteiger partial charge is 0.495 e. The van der Waals surface area contributed by atoms with Crippen LogP contribution in [-0.2, 0) is 14.8 Å². The first-order chi connectivity index (χ1) is 19.0. The number of ether oxygens (including phenoxy) is 1. The van der Waals surface area contributed by atoms with Gasteiger partial charge in [-0.3, -0.25) is 9.10 Å². The summed E-state index contributed by atoms with van der Waals surface area (Å²) in [4.78, 5) is 13.0. The van der Waals surface area contributed by atoms with Crippen molar-refractivity contribution in [1.29, 1.82) is 0 Å². The van der Waals surface area contributed by atoms with Gasteiger partial charge in [-0.15, -0.1) is 0 Å². The molecule has 40 heavy (non-hydrogen) atoms. The van der Waals surface area contributed by atoms with Gasteiger partial charge < -0.3 is 9.30 Å². The van der Waals surface area contributed by atoms with Gasteiger partial charge in [0.2, 0.25) is 0 Å². The molecular formula is C29H28ClFN4O4S. The minimum atomic E-state index is -4.18. The summed E-state index contributed by atoms with van der Waals surface area (Å²) in [6, 6.07) is 18.8. The molecule has 11 heteroatoms. The normalized spacial score (nSPS) is 11.6. The number of anilines is 1.